The molecule has 1 aliphatic rings. The van der Waals surface area contributed by atoms with Crippen LogP contribution < -0.4 is 0 Å². The van der Waals surface area contributed by atoms with E-state index in [1.54, 1.807) is 0 Å². The second-order valence-electron chi connectivity index (χ2n) is 3.94. The molecule has 0 aliphatic carbocycles. The van der Waals surface area contributed by atoms with Crippen LogP contribution in [0, 0.1) is 0 Å². The van der Waals surface area contributed by atoms with Crippen molar-refractivity contribution in [2.24, 2.45) is 0 Å². The van der Waals surface area contributed by atoms with Crippen molar-refractivity contribution < 1.29 is 13.9 Å². The fourth-order valence-electron chi connectivity index (χ4n) is 1.68. The fraction of sp³-hybridized carbons (Fsp3) is 0.909. The van der Waals surface area contributed by atoms with E-state index >= 15 is 0 Å². The molecule has 0 bridgehead atoms. The molecule has 0 spiro atoms. The minimum atomic E-state index is -0.960. The first kappa shape index (κ1) is 11.5. The van der Waals surface area contributed by atoms with Crippen molar-refractivity contribution in [1.82, 2.24) is 0 Å². The van der Waals surface area contributed by atoms with Crippen LogP contribution in [0.25, 0.3) is 0 Å². The smallest absolute Gasteiger partial charge is 0.305 e. The van der Waals surface area contributed by atoms with Gasteiger partial charge in [0.2, 0.25) is 0 Å². The summed E-state index contributed by atoms with van der Waals surface area (Å²) in [5, 5.41) is 0. The van der Waals surface area contributed by atoms with E-state index in [-0.39, 0.29) is 12.6 Å². The summed E-state index contributed by atoms with van der Waals surface area (Å²) in [6.07, 6.45) is 6.35. The molecule has 1 aliphatic heterocycles. The standard InChI is InChI=1S/C11H19FO2/c12-10-7-5-3-1-2-4-6-8-11(13)14-9-10/h10H,1-9H2. The van der Waals surface area contributed by atoms with Crippen LogP contribution in [0.1, 0.15) is 51.4 Å². The molecule has 1 rings (SSSR count). The molecule has 2 nitrogen and oxygen atoms in total. The molecule has 0 aromatic heterocycles. The summed E-state index contributed by atoms with van der Waals surface area (Å²) >= 11 is 0. The summed E-state index contributed by atoms with van der Waals surface area (Å²) in [5.74, 6) is -0.242. The predicted octanol–water partition coefficient (Wildman–Crippen LogP) is 3.00. The van der Waals surface area contributed by atoms with Crippen molar-refractivity contribution >= 4 is 5.97 Å². The van der Waals surface area contributed by atoms with Gasteiger partial charge in [-0.05, 0) is 12.8 Å². The summed E-state index contributed by atoms with van der Waals surface area (Å²) in [6, 6.07) is 0. The van der Waals surface area contributed by atoms with E-state index in [0.29, 0.717) is 12.8 Å². The molecule has 0 radical (unpaired) electrons. The number of carbonyl (C=O) groups excluding carboxylic acids is 1. The maximum atomic E-state index is 13.1. The Kier molecular flexibility index (Phi) is 5.57. The zero-order valence-electron chi connectivity index (χ0n) is 8.64. The van der Waals surface area contributed by atoms with Crippen molar-refractivity contribution in [1.29, 1.82) is 0 Å². The van der Waals surface area contributed by atoms with Crippen LogP contribution >= 0.6 is 0 Å². The van der Waals surface area contributed by atoms with E-state index < -0.39 is 6.17 Å². The van der Waals surface area contributed by atoms with Gasteiger partial charge in [0.1, 0.15) is 12.8 Å². The van der Waals surface area contributed by atoms with E-state index in [0.717, 1.165) is 32.1 Å². The van der Waals surface area contributed by atoms with Crippen molar-refractivity contribution in [3.8, 4) is 0 Å². The van der Waals surface area contributed by atoms with Crippen LogP contribution in [-0.4, -0.2) is 18.7 Å². The average molecular weight is 202 g/mol. The van der Waals surface area contributed by atoms with Crippen LogP contribution in [0.15, 0.2) is 0 Å². The van der Waals surface area contributed by atoms with Gasteiger partial charge in [-0.1, -0.05) is 32.1 Å². The molecule has 1 heterocycles. The fourth-order valence-corrected chi connectivity index (χ4v) is 1.68. The van der Waals surface area contributed by atoms with Gasteiger partial charge in [0, 0.05) is 6.42 Å². The van der Waals surface area contributed by atoms with Crippen molar-refractivity contribution in [2.45, 2.75) is 57.5 Å². The molecule has 0 amide bonds. The molecule has 0 aromatic carbocycles. The van der Waals surface area contributed by atoms with Crippen LogP contribution in [0.4, 0.5) is 4.39 Å². The van der Waals surface area contributed by atoms with Gasteiger partial charge in [0.25, 0.3) is 0 Å². The van der Waals surface area contributed by atoms with Gasteiger partial charge in [-0.15, -0.1) is 0 Å². The average Bonchev–Trinajstić information content (AvgIpc) is 2.17. The van der Waals surface area contributed by atoms with Crippen LogP contribution in [0.5, 0.6) is 0 Å². The third kappa shape index (κ3) is 5.20. The minimum absolute atomic E-state index is 0.0428. The quantitative estimate of drug-likeness (QED) is 0.564. The molecular weight excluding hydrogens is 183 g/mol. The van der Waals surface area contributed by atoms with Crippen molar-refractivity contribution in [2.75, 3.05) is 6.61 Å². The van der Waals surface area contributed by atoms with Crippen LogP contribution in [0.2, 0.25) is 0 Å². The predicted molar refractivity (Wildman–Crippen MR) is 52.8 cm³/mol. The first-order chi connectivity index (χ1) is 6.79. The summed E-state index contributed by atoms with van der Waals surface area (Å²) in [5.41, 5.74) is 0. The molecule has 0 saturated carbocycles. The number of hydrogen-bond acceptors (Lipinski definition) is 2. The maximum absolute atomic E-state index is 13.1. The van der Waals surface area contributed by atoms with Crippen LogP contribution in [-0.2, 0) is 9.53 Å². The Morgan fingerprint density at radius 3 is 2.50 bits per heavy atom. The van der Waals surface area contributed by atoms with E-state index in [1.807, 2.05) is 0 Å². The van der Waals surface area contributed by atoms with E-state index in [4.69, 9.17) is 4.74 Å². The molecule has 1 saturated heterocycles. The molecule has 1 unspecified atom stereocenters. The molecule has 1 atom stereocenters. The lowest BCUT2D eigenvalue weighted by molar-refractivity contribution is -0.145. The maximum Gasteiger partial charge on any atom is 0.305 e. The number of hydrogen-bond donors (Lipinski definition) is 0. The van der Waals surface area contributed by atoms with Gasteiger partial charge in [-0.2, -0.15) is 0 Å². The van der Waals surface area contributed by atoms with Crippen LogP contribution in [0.3, 0.4) is 0 Å². The van der Waals surface area contributed by atoms with Gasteiger partial charge in [0.05, 0.1) is 0 Å². The molecule has 0 aromatic rings. The van der Waals surface area contributed by atoms with Gasteiger partial charge >= 0.3 is 5.97 Å². The number of rotatable bonds is 0. The topological polar surface area (TPSA) is 26.3 Å². The lowest BCUT2D eigenvalue weighted by Gasteiger charge is -2.10. The van der Waals surface area contributed by atoms with Crippen molar-refractivity contribution in [3.05, 3.63) is 0 Å². The molecule has 14 heavy (non-hydrogen) atoms. The summed E-state index contributed by atoms with van der Waals surface area (Å²) in [6.45, 7) is -0.0428. The van der Waals surface area contributed by atoms with E-state index in [1.165, 1.54) is 6.42 Å². The Labute approximate surface area is 84.8 Å². The first-order valence-electron chi connectivity index (χ1n) is 5.59. The lowest BCUT2D eigenvalue weighted by Crippen LogP contribution is -2.15. The van der Waals surface area contributed by atoms with Gasteiger partial charge in [-0.25, -0.2) is 4.39 Å². The Morgan fingerprint density at radius 2 is 1.71 bits per heavy atom. The highest BCUT2D eigenvalue weighted by molar-refractivity contribution is 5.69. The molecule has 3 heteroatoms. The lowest BCUT2D eigenvalue weighted by atomic mass is 10.1. The third-order valence-electron chi connectivity index (χ3n) is 2.57. The molecule has 82 valence electrons. The highest BCUT2D eigenvalue weighted by Crippen LogP contribution is 2.13. The SMILES string of the molecule is O=C1CCCCCCCCC(F)CO1. The number of halogens is 1. The zero-order chi connectivity index (χ0) is 10.2. The zero-order valence-corrected chi connectivity index (χ0v) is 8.64. The van der Waals surface area contributed by atoms with E-state index in [9.17, 15) is 9.18 Å². The summed E-state index contributed by atoms with van der Waals surface area (Å²) < 4.78 is 17.9. The van der Waals surface area contributed by atoms with Gasteiger partial charge < -0.3 is 4.74 Å². The third-order valence-corrected chi connectivity index (χ3v) is 2.57. The molecule has 1 fully saturated rings. The number of carbonyl (C=O) groups is 1. The minimum Gasteiger partial charge on any atom is -0.463 e. The number of ether oxygens (including phenoxy) is 1. The number of cyclic esters (lactones) is 1. The Hall–Kier alpha value is -0.600. The second kappa shape index (κ2) is 6.80. The normalized spacial score (nSPS) is 27.2. The number of alkyl halides is 1. The summed E-state index contributed by atoms with van der Waals surface area (Å²) in [7, 11) is 0. The largest absolute Gasteiger partial charge is 0.463 e. The monoisotopic (exact) mass is 202 g/mol. The molecule has 0 N–H and O–H groups in total. The first-order valence-corrected chi connectivity index (χ1v) is 5.59. The Balaban J connectivity index is 2.25. The highest BCUT2D eigenvalue weighted by Gasteiger charge is 2.11. The second-order valence-corrected chi connectivity index (χ2v) is 3.94. The van der Waals surface area contributed by atoms with E-state index in [2.05, 4.69) is 0 Å². The number of esters is 1. The highest BCUT2D eigenvalue weighted by atomic mass is 19.1. The Bertz CT molecular complexity index is 171. The van der Waals surface area contributed by atoms with Gasteiger partial charge in [-0.3, -0.25) is 4.79 Å². The van der Waals surface area contributed by atoms with Crippen molar-refractivity contribution in [3.63, 3.8) is 0 Å². The van der Waals surface area contributed by atoms with Gasteiger partial charge in [0.15, 0.2) is 0 Å². The Morgan fingerprint density at radius 1 is 1.07 bits per heavy atom. The summed E-state index contributed by atoms with van der Waals surface area (Å²) in [4.78, 5) is 11.1. The molecular formula is C11H19FO2.